The summed E-state index contributed by atoms with van der Waals surface area (Å²) in [6, 6.07) is 13.5. The van der Waals surface area contributed by atoms with Crippen molar-refractivity contribution in [3.63, 3.8) is 0 Å². The molecule has 0 unspecified atom stereocenters. The highest BCUT2D eigenvalue weighted by atomic mass is 32.1. The third-order valence-corrected chi connectivity index (χ3v) is 4.68. The summed E-state index contributed by atoms with van der Waals surface area (Å²) in [5.74, 6) is 0.509. The monoisotopic (exact) mass is 352 g/mol. The summed E-state index contributed by atoms with van der Waals surface area (Å²) >= 11 is 1.61. The van der Waals surface area contributed by atoms with Crippen LogP contribution in [0.3, 0.4) is 0 Å². The molecule has 1 heterocycles. The Bertz CT molecular complexity index is 902. The smallest absolute Gasteiger partial charge is 0.262 e. The van der Waals surface area contributed by atoms with Gasteiger partial charge in [0.25, 0.3) is 5.91 Å². The largest absolute Gasteiger partial charge is 0.484 e. The Labute approximate surface area is 151 Å². The molecule has 0 aliphatic heterocycles. The fraction of sp³-hybridized carbons (Fsp3) is 0.200. The van der Waals surface area contributed by atoms with Crippen LogP contribution in [0.4, 0.5) is 5.69 Å². The molecule has 2 aromatic carbocycles. The zero-order valence-electron chi connectivity index (χ0n) is 14.5. The van der Waals surface area contributed by atoms with Crippen LogP contribution < -0.4 is 10.1 Å². The number of nitrogens with one attached hydrogen (secondary N) is 1. The lowest BCUT2D eigenvalue weighted by Crippen LogP contribution is -2.20. The van der Waals surface area contributed by atoms with Crippen molar-refractivity contribution in [2.24, 2.45) is 0 Å². The molecule has 3 rings (SSSR count). The van der Waals surface area contributed by atoms with E-state index in [1.807, 2.05) is 68.6 Å². The first-order valence-electron chi connectivity index (χ1n) is 8.04. The third kappa shape index (κ3) is 4.45. The van der Waals surface area contributed by atoms with E-state index >= 15 is 0 Å². The van der Waals surface area contributed by atoms with Gasteiger partial charge >= 0.3 is 0 Å². The molecular formula is C20H20N2O2S. The zero-order valence-corrected chi connectivity index (χ0v) is 15.3. The average Bonchev–Trinajstić information content (AvgIpc) is 3.03. The highest BCUT2D eigenvalue weighted by Gasteiger charge is 2.07. The predicted octanol–water partition coefficient (Wildman–Crippen LogP) is 4.75. The van der Waals surface area contributed by atoms with Gasteiger partial charge in [-0.2, -0.15) is 0 Å². The fourth-order valence-corrected chi connectivity index (χ4v) is 3.02. The van der Waals surface area contributed by atoms with Crippen LogP contribution in [0.1, 0.15) is 16.1 Å². The minimum absolute atomic E-state index is 0.0253. The van der Waals surface area contributed by atoms with E-state index in [2.05, 4.69) is 10.3 Å². The van der Waals surface area contributed by atoms with Gasteiger partial charge in [0.1, 0.15) is 5.75 Å². The normalized spacial score (nSPS) is 10.5. The van der Waals surface area contributed by atoms with Gasteiger partial charge in [-0.25, -0.2) is 4.98 Å². The summed E-state index contributed by atoms with van der Waals surface area (Å²) in [5, 5.41) is 5.90. The van der Waals surface area contributed by atoms with Crippen molar-refractivity contribution >= 4 is 22.9 Å². The van der Waals surface area contributed by atoms with Crippen LogP contribution in [-0.2, 0) is 4.79 Å². The molecule has 0 aliphatic rings. The van der Waals surface area contributed by atoms with E-state index < -0.39 is 0 Å². The van der Waals surface area contributed by atoms with Crippen molar-refractivity contribution in [1.29, 1.82) is 0 Å². The Hall–Kier alpha value is -2.66. The molecule has 0 saturated carbocycles. The molecule has 128 valence electrons. The van der Waals surface area contributed by atoms with E-state index in [-0.39, 0.29) is 12.5 Å². The molecule has 0 aliphatic carbocycles. The lowest BCUT2D eigenvalue weighted by atomic mass is 10.1. The van der Waals surface area contributed by atoms with E-state index in [0.717, 1.165) is 27.5 Å². The summed E-state index contributed by atoms with van der Waals surface area (Å²) in [6.07, 6.45) is 0. The van der Waals surface area contributed by atoms with Crippen molar-refractivity contribution in [3.8, 4) is 17.0 Å². The molecule has 0 bridgehead atoms. The number of carbonyl (C=O) groups is 1. The number of ether oxygens (including phenoxy) is 1. The summed E-state index contributed by atoms with van der Waals surface area (Å²) in [6.45, 7) is 6.02. The Kier molecular flexibility index (Phi) is 5.14. The molecule has 5 heteroatoms. The van der Waals surface area contributed by atoms with Crippen LogP contribution in [0, 0.1) is 20.8 Å². The van der Waals surface area contributed by atoms with Gasteiger partial charge in [0.2, 0.25) is 0 Å². The molecular weight excluding hydrogens is 332 g/mol. The second-order valence-electron chi connectivity index (χ2n) is 5.92. The van der Waals surface area contributed by atoms with Crippen molar-refractivity contribution in [2.45, 2.75) is 20.8 Å². The number of anilines is 1. The number of aromatic nitrogens is 1. The molecule has 25 heavy (non-hydrogen) atoms. The van der Waals surface area contributed by atoms with Gasteiger partial charge < -0.3 is 10.1 Å². The van der Waals surface area contributed by atoms with E-state index in [0.29, 0.717) is 5.75 Å². The summed E-state index contributed by atoms with van der Waals surface area (Å²) in [5.41, 5.74) is 4.98. The number of aryl methyl sites for hydroxylation is 3. The Balaban J connectivity index is 1.62. The number of carbonyl (C=O) groups excluding carboxylic acids is 1. The quantitative estimate of drug-likeness (QED) is 0.721. The van der Waals surface area contributed by atoms with Crippen LogP contribution in [0.2, 0.25) is 0 Å². The van der Waals surface area contributed by atoms with Gasteiger partial charge in [0.15, 0.2) is 6.61 Å². The standard InChI is InChI=1S/C20H20N2O2S/c1-13-7-8-18(9-14(13)2)24-11-20(23)22-17-6-4-5-16(10-17)19-12-25-15(3)21-19/h4-10,12H,11H2,1-3H3,(H,22,23). The molecule has 0 radical (unpaired) electrons. The number of rotatable bonds is 5. The summed E-state index contributed by atoms with van der Waals surface area (Å²) in [4.78, 5) is 16.6. The van der Waals surface area contributed by atoms with Gasteiger partial charge in [-0.3, -0.25) is 4.79 Å². The molecule has 1 aromatic heterocycles. The first-order valence-corrected chi connectivity index (χ1v) is 8.92. The highest BCUT2D eigenvalue weighted by molar-refractivity contribution is 7.09. The maximum atomic E-state index is 12.1. The lowest BCUT2D eigenvalue weighted by Gasteiger charge is -2.09. The average molecular weight is 352 g/mol. The third-order valence-electron chi connectivity index (χ3n) is 3.91. The van der Waals surface area contributed by atoms with Crippen LogP contribution >= 0.6 is 11.3 Å². The molecule has 0 spiro atoms. The van der Waals surface area contributed by atoms with Crippen molar-refractivity contribution in [3.05, 3.63) is 64.0 Å². The lowest BCUT2D eigenvalue weighted by molar-refractivity contribution is -0.118. The van der Waals surface area contributed by atoms with Crippen molar-refractivity contribution < 1.29 is 9.53 Å². The summed E-state index contributed by atoms with van der Waals surface area (Å²) in [7, 11) is 0. The minimum Gasteiger partial charge on any atom is -0.484 e. The van der Waals surface area contributed by atoms with Crippen LogP contribution in [0.5, 0.6) is 5.75 Å². The van der Waals surface area contributed by atoms with Crippen molar-refractivity contribution in [1.82, 2.24) is 4.98 Å². The first kappa shape index (κ1) is 17.2. The van der Waals surface area contributed by atoms with E-state index in [1.54, 1.807) is 11.3 Å². The van der Waals surface area contributed by atoms with Gasteiger partial charge in [0.05, 0.1) is 10.7 Å². The van der Waals surface area contributed by atoms with Gasteiger partial charge in [-0.15, -0.1) is 11.3 Å². The maximum Gasteiger partial charge on any atom is 0.262 e. The van der Waals surface area contributed by atoms with Crippen LogP contribution in [0.15, 0.2) is 47.8 Å². The predicted molar refractivity (Wildman–Crippen MR) is 102 cm³/mol. The Morgan fingerprint density at radius 1 is 1.12 bits per heavy atom. The topological polar surface area (TPSA) is 51.2 Å². The molecule has 1 amide bonds. The second-order valence-corrected chi connectivity index (χ2v) is 6.98. The molecule has 4 nitrogen and oxygen atoms in total. The second kappa shape index (κ2) is 7.49. The van der Waals surface area contributed by atoms with Gasteiger partial charge in [-0.05, 0) is 56.2 Å². The molecule has 0 saturated heterocycles. The molecule has 0 atom stereocenters. The van der Waals surface area contributed by atoms with Crippen LogP contribution in [0.25, 0.3) is 11.3 Å². The van der Waals surface area contributed by atoms with E-state index in [4.69, 9.17) is 4.74 Å². The van der Waals surface area contributed by atoms with Gasteiger partial charge in [-0.1, -0.05) is 18.2 Å². The maximum absolute atomic E-state index is 12.1. The SMILES string of the molecule is Cc1nc(-c2cccc(NC(=O)COc3ccc(C)c(C)c3)c2)cs1. The zero-order chi connectivity index (χ0) is 17.8. The Morgan fingerprint density at radius 2 is 1.96 bits per heavy atom. The number of nitrogens with zero attached hydrogens (tertiary/aromatic N) is 1. The fourth-order valence-electron chi connectivity index (χ4n) is 2.40. The van der Waals surface area contributed by atoms with E-state index in [9.17, 15) is 4.79 Å². The van der Waals surface area contributed by atoms with Crippen LogP contribution in [-0.4, -0.2) is 17.5 Å². The molecule has 1 N–H and O–H groups in total. The van der Waals surface area contributed by atoms with Crippen molar-refractivity contribution in [2.75, 3.05) is 11.9 Å². The highest BCUT2D eigenvalue weighted by Crippen LogP contribution is 2.24. The van der Waals surface area contributed by atoms with E-state index in [1.165, 1.54) is 5.56 Å². The Morgan fingerprint density at radius 3 is 2.68 bits per heavy atom. The molecule has 3 aromatic rings. The molecule has 0 fully saturated rings. The number of benzene rings is 2. The van der Waals surface area contributed by atoms with Gasteiger partial charge in [0, 0.05) is 16.6 Å². The number of amides is 1. The minimum atomic E-state index is -0.190. The number of hydrogen-bond acceptors (Lipinski definition) is 4. The number of hydrogen-bond donors (Lipinski definition) is 1. The first-order chi connectivity index (χ1) is 12.0. The summed E-state index contributed by atoms with van der Waals surface area (Å²) < 4.78 is 5.57. The number of thiazole rings is 1.